The maximum Gasteiger partial charge on any atom is 0.195 e. The van der Waals surface area contributed by atoms with Gasteiger partial charge in [-0.3, -0.25) is 9.59 Å². The van der Waals surface area contributed by atoms with E-state index in [-0.39, 0.29) is 37.2 Å². The molecule has 0 aromatic heterocycles. The second-order valence-electron chi connectivity index (χ2n) is 10.4. The first-order valence-corrected chi connectivity index (χ1v) is 14.1. The summed E-state index contributed by atoms with van der Waals surface area (Å²) in [4.78, 5) is 27.5. The Kier molecular flexibility index (Phi) is 4.35. The summed E-state index contributed by atoms with van der Waals surface area (Å²) in [6.45, 7) is 0. The molecule has 0 amide bonds. The van der Waals surface area contributed by atoms with Crippen LogP contribution >= 0.6 is 46.4 Å². The van der Waals surface area contributed by atoms with E-state index in [1.165, 1.54) is 0 Å². The lowest BCUT2D eigenvalue weighted by Gasteiger charge is -2.26. The van der Waals surface area contributed by atoms with Crippen LogP contribution in [-0.4, -0.2) is 11.6 Å². The van der Waals surface area contributed by atoms with Gasteiger partial charge in [-0.05, 0) is 61.1 Å². The van der Waals surface area contributed by atoms with Crippen molar-refractivity contribution in [3.63, 3.8) is 0 Å². The first-order valence-electron chi connectivity index (χ1n) is 12.6. The molecule has 7 aromatic carbocycles. The van der Waals surface area contributed by atoms with Gasteiger partial charge in [-0.2, -0.15) is 0 Å². The monoisotopic (exact) mass is 592 g/mol. The molecule has 0 radical (unpaired) electrons. The summed E-state index contributed by atoms with van der Waals surface area (Å²) in [5.41, 5.74) is 5.52. The standard InChI is InChI=1S/C34H12Cl4O2/c35-29-27-20-10-7-16-17-8-11-21-25-14(13-3-1-2-4-19(13)33(21)39)5-6-15(23(17)25)18-9-12-22(26(20)24(16)18)34(40)28(27)30(36)32(38)31(29)37/h1-12H. The number of carbonyl (C=O) groups is 2. The molecule has 2 aliphatic rings. The van der Waals surface area contributed by atoms with Crippen LogP contribution in [0.4, 0.5) is 0 Å². The lowest BCUT2D eigenvalue weighted by molar-refractivity contribution is 0.103. The molecule has 6 heteroatoms. The molecular formula is C34H12Cl4O2. The van der Waals surface area contributed by atoms with Crippen molar-refractivity contribution in [1.29, 1.82) is 0 Å². The minimum Gasteiger partial charge on any atom is -0.289 e. The van der Waals surface area contributed by atoms with Gasteiger partial charge in [-0.25, -0.2) is 0 Å². The largest absolute Gasteiger partial charge is 0.289 e. The Hall–Kier alpha value is -3.66. The number of carbonyl (C=O) groups excluding carboxylic acids is 2. The third kappa shape index (κ3) is 2.51. The number of ketones is 2. The number of benzene rings is 7. The van der Waals surface area contributed by atoms with Gasteiger partial charge in [0.1, 0.15) is 0 Å². The Morgan fingerprint density at radius 2 is 0.800 bits per heavy atom. The van der Waals surface area contributed by atoms with Gasteiger partial charge in [0.2, 0.25) is 0 Å². The second kappa shape index (κ2) is 7.54. The number of rotatable bonds is 0. The molecule has 0 aliphatic heterocycles. The van der Waals surface area contributed by atoms with E-state index in [0.29, 0.717) is 16.7 Å². The normalized spacial score (nSPS) is 13.6. The van der Waals surface area contributed by atoms with Gasteiger partial charge < -0.3 is 0 Å². The minimum atomic E-state index is -0.241. The number of hydrogen-bond donors (Lipinski definition) is 0. The summed E-state index contributed by atoms with van der Waals surface area (Å²) in [6, 6.07) is 23.9. The first kappa shape index (κ1) is 23.1. The van der Waals surface area contributed by atoms with Crippen molar-refractivity contribution in [3.05, 3.63) is 115 Å². The SMILES string of the molecule is O=C1c2ccccc2-c2ccc3c4ccc5c6c(ccc(c7ccc1c2c37)c64)-c1c(Cl)c(Cl)c(Cl)c(Cl)c1C5=O. The molecule has 188 valence electrons. The summed E-state index contributed by atoms with van der Waals surface area (Å²) in [6.07, 6.45) is 0. The lowest BCUT2D eigenvalue weighted by atomic mass is 9.76. The molecule has 0 fully saturated rings. The summed E-state index contributed by atoms with van der Waals surface area (Å²) < 4.78 is 0. The van der Waals surface area contributed by atoms with Crippen molar-refractivity contribution in [2.24, 2.45) is 0 Å². The summed E-state index contributed by atoms with van der Waals surface area (Å²) in [5, 5.41) is 8.33. The van der Waals surface area contributed by atoms with E-state index in [2.05, 4.69) is 18.2 Å². The van der Waals surface area contributed by atoms with Crippen LogP contribution in [0.3, 0.4) is 0 Å². The van der Waals surface area contributed by atoms with Gasteiger partial charge in [-0.15, -0.1) is 0 Å². The zero-order chi connectivity index (χ0) is 27.2. The Morgan fingerprint density at radius 1 is 0.350 bits per heavy atom. The van der Waals surface area contributed by atoms with Crippen LogP contribution in [0.1, 0.15) is 31.8 Å². The topological polar surface area (TPSA) is 34.1 Å². The van der Waals surface area contributed by atoms with E-state index >= 15 is 0 Å². The molecule has 40 heavy (non-hydrogen) atoms. The molecule has 0 saturated heterocycles. The van der Waals surface area contributed by atoms with Crippen molar-refractivity contribution >= 4 is 101 Å². The van der Waals surface area contributed by atoms with Crippen molar-refractivity contribution in [2.45, 2.75) is 0 Å². The summed E-state index contributed by atoms with van der Waals surface area (Å²) in [7, 11) is 0. The maximum atomic E-state index is 13.9. The predicted molar refractivity (Wildman–Crippen MR) is 165 cm³/mol. The van der Waals surface area contributed by atoms with Gasteiger partial charge >= 0.3 is 0 Å². The number of hydrogen-bond acceptors (Lipinski definition) is 2. The van der Waals surface area contributed by atoms with Crippen molar-refractivity contribution < 1.29 is 9.59 Å². The highest BCUT2D eigenvalue weighted by Gasteiger charge is 2.34. The molecular weight excluding hydrogens is 582 g/mol. The molecule has 0 bridgehead atoms. The van der Waals surface area contributed by atoms with Crippen LogP contribution in [0.2, 0.25) is 20.1 Å². The molecule has 0 unspecified atom stereocenters. The molecule has 2 aliphatic carbocycles. The quantitative estimate of drug-likeness (QED) is 0.0758. The van der Waals surface area contributed by atoms with Gasteiger partial charge in [-0.1, -0.05) is 107 Å². The molecule has 7 aromatic rings. The van der Waals surface area contributed by atoms with Crippen LogP contribution in [0.25, 0.3) is 65.3 Å². The highest BCUT2D eigenvalue weighted by Crippen LogP contribution is 2.54. The predicted octanol–water partition coefficient (Wildman–Crippen LogP) is 10.8. The lowest BCUT2D eigenvalue weighted by Crippen LogP contribution is -2.12. The van der Waals surface area contributed by atoms with Crippen LogP contribution < -0.4 is 0 Å². The molecule has 0 spiro atoms. The molecule has 0 N–H and O–H groups in total. The Bertz CT molecular complexity index is 2380. The van der Waals surface area contributed by atoms with E-state index in [4.69, 9.17) is 46.4 Å². The van der Waals surface area contributed by atoms with Crippen molar-refractivity contribution in [1.82, 2.24) is 0 Å². The van der Waals surface area contributed by atoms with E-state index in [0.717, 1.165) is 65.3 Å². The third-order valence-electron chi connectivity index (χ3n) is 8.62. The van der Waals surface area contributed by atoms with Crippen LogP contribution in [-0.2, 0) is 0 Å². The average Bonchev–Trinajstić information content (AvgIpc) is 2.98. The molecule has 9 rings (SSSR count). The Balaban J connectivity index is 1.50. The highest BCUT2D eigenvalue weighted by atomic mass is 35.5. The van der Waals surface area contributed by atoms with E-state index in [1.54, 1.807) is 0 Å². The van der Waals surface area contributed by atoms with Gasteiger partial charge in [0.15, 0.2) is 11.6 Å². The summed E-state index contributed by atoms with van der Waals surface area (Å²) in [5.74, 6) is -0.206. The van der Waals surface area contributed by atoms with E-state index in [1.807, 2.05) is 54.6 Å². The Morgan fingerprint density at radius 3 is 1.40 bits per heavy atom. The fourth-order valence-corrected chi connectivity index (χ4v) is 8.03. The van der Waals surface area contributed by atoms with Crippen LogP contribution in [0, 0.1) is 0 Å². The average molecular weight is 594 g/mol. The third-order valence-corrected chi connectivity index (χ3v) is 10.4. The second-order valence-corrected chi connectivity index (χ2v) is 11.9. The molecule has 0 atom stereocenters. The first-order chi connectivity index (χ1) is 19.4. The van der Waals surface area contributed by atoms with E-state index in [9.17, 15) is 9.59 Å². The molecule has 0 saturated carbocycles. The molecule has 2 nitrogen and oxygen atoms in total. The minimum absolute atomic E-state index is 0.0344. The van der Waals surface area contributed by atoms with Gasteiger partial charge in [0.05, 0.1) is 25.7 Å². The Labute approximate surface area is 247 Å². The van der Waals surface area contributed by atoms with Crippen molar-refractivity contribution in [2.75, 3.05) is 0 Å². The number of halogens is 4. The zero-order valence-electron chi connectivity index (χ0n) is 20.3. The smallest absolute Gasteiger partial charge is 0.195 e. The fraction of sp³-hybridized carbons (Fsp3) is 0. The van der Waals surface area contributed by atoms with E-state index < -0.39 is 0 Å². The van der Waals surface area contributed by atoms with Gasteiger partial charge in [0.25, 0.3) is 0 Å². The van der Waals surface area contributed by atoms with Gasteiger partial charge in [0, 0.05) is 33.0 Å². The highest BCUT2D eigenvalue weighted by molar-refractivity contribution is 6.55. The van der Waals surface area contributed by atoms with Crippen LogP contribution in [0.5, 0.6) is 0 Å². The number of fused-ring (bicyclic) bond motifs is 6. The zero-order valence-corrected chi connectivity index (χ0v) is 23.3. The van der Waals surface area contributed by atoms with Crippen molar-refractivity contribution in [3.8, 4) is 22.3 Å². The van der Waals surface area contributed by atoms with Crippen LogP contribution in [0.15, 0.2) is 72.8 Å². The fourth-order valence-electron chi connectivity index (χ4n) is 6.99. The molecule has 0 heterocycles. The maximum absolute atomic E-state index is 13.9. The summed E-state index contributed by atoms with van der Waals surface area (Å²) >= 11 is 26.1.